The maximum Gasteiger partial charge on any atom is 0.118 e. The molecule has 32 heavy (non-hydrogen) atoms. The van der Waals surface area contributed by atoms with Crippen LogP contribution in [-0.4, -0.2) is 22.3 Å². The fraction of sp³-hybridized carbons (Fsp3) is 0.379. The predicted octanol–water partition coefficient (Wildman–Crippen LogP) is 4.75. The first-order valence-electron chi connectivity index (χ1n) is 11.7. The lowest BCUT2D eigenvalue weighted by Crippen LogP contribution is -3.10. The monoisotopic (exact) mass is 431 g/mol. The highest BCUT2D eigenvalue weighted by atomic mass is 16.3. The molecule has 0 aliphatic carbocycles. The number of aromatic nitrogens is 1. The number of hydrogen-bond acceptors (Lipinski definition) is 1. The number of hydrogen-bond donors (Lipinski definition) is 2. The third-order valence-electron chi connectivity index (χ3n) is 6.05. The molecular formula is C29H39N2O+. The lowest BCUT2D eigenvalue weighted by molar-refractivity contribution is -0.931. The summed E-state index contributed by atoms with van der Waals surface area (Å²) in [6.07, 6.45) is 5.35. The summed E-state index contributed by atoms with van der Waals surface area (Å²) in [4.78, 5) is 1.37. The summed E-state index contributed by atoms with van der Waals surface area (Å²) in [6.45, 7) is 13.9. The molecule has 3 heteroatoms. The van der Waals surface area contributed by atoms with E-state index in [-0.39, 0.29) is 11.5 Å². The molecule has 3 nitrogen and oxygen atoms in total. The summed E-state index contributed by atoms with van der Waals surface area (Å²) in [5.41, 5.74) is 5.44. The lowest BCUT2D eigenvalue weighted by atomic mass is 9.87. The van der Waals surface area contributed by atoms with Gasteiger partial charge in [-0.1, -0.05) is 81.4 Å². The van der Waals surface area contributed by atoms with Gasteiger partial charge in [0.15, 0.2) is 0 Å². The van der Waals surface area contributed by atoms with Gasteiger partial charge in [0.1, 0.15) is 25.7 Å². The summed E-state index contributed by atoms with van der Waals surface area (Å²) >= 11 is 0. The molecule has 0 fully saturated rings. The number of nitrogens with zero attached hydrogens (tertiary/aromatic N) is 1. The van der Waals surface area contributed by atoms with Crippen molar-refractivity contribution >= 4 is 0 Å². The molecule has 3 aromatic rings. The zero-order valence-corrected chi connectivity index (χ0v) is 19.9. The van der Waals surface area contributed by atoms with Gasteiger partial charge in [-0.15, -0.1) is 6.58 Å². The van der Waals surface area contributed by atoms with Crippen molar-refractivity contribution in [1.82, 2.24) is 4.57 Å². The largest absolute Gasteiger partial charge is 0.387 e. The van der Waals surface area contributed by atoms with Crippen molar-refractivity contribution in [3.8, 4) is 0 Å². The van der Waals surface area contributed by atoms with Crippen molar-refractivity contribution in [3.63, 3.8) is 0 Å². The van der Waals surface area contributed by atoms with Gasteiger partial charge in [-0.3, -0.25) is 0 Å². The second-order valence-corrected chi connectivity index (χ2v) is 9.89. The Morgan fingerprint density at radius 2 is 1.66 bits per heavy atom. The van der Waals surface area contributed by atoms with E-state index in [0.29, 0.717) is 0 Å². The van der Waals surface area contributed by atoms with Gasteiger partial charge in [0.2, 0.25) is 0 Å². The zero-order chi connectivity index (χ0) is 23.0. The molecule has 1 aromatic heterocycles. The van der Waals surface area contributed by atoms with E-state index < -0.39 is 0 Å². The van der Waals surface area contributed by atoms with E-state index in [4.69, 9.17) is 0 Å². The molecule has 0 saturated heterocycles. The molecule has 2 N–H and O–H groups in total. The van der Waals surface area contributed by atoms with Gasteiger partial charge in [0, 0.05) is 18.3 Å². The zero-order valence-electron chi connectivity index (χ0n) is 19.9. The van der Waals surface area contributed by atoms with E-state index in [9.17, 15) is 5.11 Å². The average Bonchev–Trinajstić information content (AvgIpc) is 3.19. The Bertz CT molecular complexity index is 951. The van der Waals surface area contributed by atoms with Crippen LogP contribution in [-0.2, 0) is 25.0 Å². The van der Waals surface area contributed by atoms with Gasteiger partial charge in [0.05, 0.1) is 5.69 Å². The molecule has 0 bridgehead atoms. The molecule has 0 aliphatic heterocycles. The van der Waals surface area contributed by atoms with E-state index in [0.717, 1.165) is 39.0 Å². The molecule has 2 atom stereocenters. The first-order chi connectivity index (χ1) is 15.3. The van der Waals surface area contributed by atoms with Crippen molar-refractivity contribution < 1.29 is 10.0 Å². The molecule has 3 rings (SSSR count). The minimum atomic E-state index is -0.319. The second-order valence-electron chi connectivity index (χ2n) is 9.89. The third-order valence-corrected chi connectivity index (χ3v) is 6.05. The predicted molar refractivity (Wildman–Crippen MR) is 134 cm³/mol. The van der Waals surface area contributed by atoms with Crippen LogP contribution >= 0.6 is 0 Å². The van der Waals surface area contributed by atoms with Crippen LogP contribution in [0.25, 0.3) is 0 Å². The molecule has 0 aliphatic rings. The Labute approximate surface area is 194 Å². The Hall–Kier alpha value is -2.62. The molecule has 0 spiro atoms. The van der Waals surface area contributed by atoms with E-state index >= 15 is 0 Å². The van der Waals surface area contributed by atoms with Crippen molar-refractivity contribution in [1.29, 1.82) is 0 Å². The molecule has 0 amide bonds. The van der Waals surface area contributed by atoms with Crippen molar-refractivity contribution in [2.24, 2.45) is 0 Å². The maximum absolute atomic E-state index is 10.6. The molecular weight excluding hydrogens is 392 g/mol. The normalized spacial score (nSPS) is 13.6. The lowest BCUT2D eigenvalue weighted by Gasteiger charge is -2.23. The van der Waals surface area contributed by atoms with Crippen LogP contribution in [0.15, 0.2) is 85.6 Å². The first kappa shape index (κ1) is 24.0. The standard InChI is InChI=1S/C29H38N2O/c1-5-6-14-28(32)23-30(20-24-11-8-7-9-12-24)22-27-13-10-19-31(27)21-25-15-17-26(18-16-25)29(2,3)4/h5,7-13,15-19,28,32H,1,6,14,20-23H2,2-4H3/p+1/t28-/m0/s1. The van der Waals surface area contributed by atoms with E-state index in [1.165, 1.54) is 27.3 Å². The minimum absolute atomic E-state index is 0.172. The van der Waals surface area contributed by atoms with Crippen molar-refractivity contribution in [2.45, 2.75) is 64.8 Å². The van der Waals surface area contributed by atoms with E-state index in [1.54, 1.807) is 0 Å². The van der Waals surface area contributed by atoms with Crippen LogP contribution < -0.4 is 4.90 Å². The molecule has 0 radical (unpaired) electrons. The molecule has 1 heterocycles. The van der Waals surface area contributed by atoms with Gasteiger partial charge in [-0.05, 0) is 41.5 Å². The van der Waals surface area contributed by atoms with Gasteiger partial charge in [0.25, 0.3) is 0 Å². The average molecular weight is 432 g/mol. The van der Waals surface area contributed by atoms with Gasteiger partial charge in [-0.2, -0.15) is 0 Å². The van der Waals surface area contributed by atoms with E-state index in [1.807, 2.05) is 6.08 Å². The number of rotatable bonds is 11. The number of benzene rings is 2. The molecule has 1 unspecified atom stereocenters. The molecule has 170 valence electrons. The smallest absolute Gasteiger partial charge is 0.118 e. The fourth-order valence-electron chi connectivity index (χ4n) is 4.16. The Kier molecular flexibility index (Phi) is 8.49. The number of aliphatic hydroxyl groups is 1. The number of allylic oxidation sites excluding steroid dienone is 1. The highest BCUT2D eigenvalue weighted by Gasteiger charge is 2.18. The van der Waals surface area contributed by atoms with Crippen LogP contribution in [0.3, 0.4) is 0 Å². The topological polar surface area (TPSA) is 29.6 Å². The molecule has 2 aromatic carbocycles. The van der Waals surface area contributed by atoms with E-state index in [2.05, 4.69) is 105 Å². The summed E-state index contributed by atoms with van der Waals surface area (Å²) in [5, 5.41) is 10.6. The highest BCUT2D eigenvalue weighted by molar-refractivity contribution is 5.28. The fourth-order valence-corrected chi connectivity index (χ4v) is 4.16. The van der Waals surface area contributed by atoms with Crippen LogP contribution in [0.1, 0.15) is 56.0 Å². The van der Waals surface area contributed by atoms with Gasteiger partial charge in [-0.25, -0.2) is 0 Å². The Morgan fingerprint density at radius 3 is 2.31 bits per heavy atom. The Balaban J connectivity index is 1.72. The number of nitrogens with one attached hydrogen (secondary N) is 1. The van der Waals surface area contributed by atoms with Crippen LogP contribution in [0, 0.1) is 0 Å². The van der Waals surface area contributed by atoms with Crippen LogP contribution in [0.2, 0.25) is 0 Å². The van der Waals surface area contributed by atoms with Crippen molar-refractivity contribution in [2.75, 3.05) is 6.54 Å². The maximum atomic E-state index is 10.6. The first-order valence-corrected chi connectivity index (χ1v) is 11.7. The summed E-state index contributed by atoms with van der Waals surface area (Å²) in [5.74, 6) is 0. The SMILES string of the molecule is C=CCC[C@H](O)C[NH+](Cc1ccccc1)Cc1cccn1Cc1ccc(C(C)(C)C)cc1. The minimum Gasteiger partial charge on any atom is -0.387 e. The highest BCUT2D eigenvalue weighted by Crippen LogP contribution is 2.22. The van der Waals surface area contributed by atoms with Gasteiger partial charge < -0.3 is 14.6 Å². The summed E-state index contributed by atoms with van der Waals surface area (Å²) < 4.78 is 2.34. The van der Waals surface area contributed by atoms with Crippen molar-refractivity contribution in [3.05, 3.63) is 108 Å². The summed E-state index contributed by atoms with van der Waals surface area (Å²) in [7, 11) is 0. The number of aliphatic hydroxyl groups excluding tert-OH is 1. The third kappa shape index (κ3) is 7.22. The van der Waals surface area contributed by atoms with Crippen LogP contribution in [0.5, 0.6) is 0 Å². The van der Waals surface area contributed by atoms with Gasteiger partial charge >= 0.3 is 0 Å². The quantitative estimate of drug-likeness (QED) is 0.422. The number of quaternary nitrogens is 1. The second kappa shape index (κ2) is 11.3. The molecule has 0 saturated carbocycles. The summed E-state index contributed by atoms with van der Waals surface area (Å²) in [6, 6.07) is 23.9. The Morgan fingerprint density at radius 1 is 0.938 bits per heavy atom. The van der Waals surface area contributed by atoms with Crippen LogP contribution in [0.4, 0.5) is 0 Å².